The summed E-state index contributed by atoms with van der Waals surface area (Å²) in [6.45, 7) is 6.59. The molecule has 1 aliphatic carbocycles. The van der Waals surface area contributed by atoms with Crippen molar-refractivity contribution in [3.63, 3.8) is 0 Å². The Morgan fingerprint density at radius 3 is 2.70 bits per heavy atom. The van der Waals surface area contributed by atoms with Gasteiger partial charge < -0.3 is 9.84 Å². The van der Waals surface area contributed by atoms with Gasteiger partial charge in [0.1, 0.15) is 11.9 Å². The van der Waals surface area contributed by atoms with Crippen LogP contribution in [0.15, 0.2) is 24.3 Å². The predicted molar refractivity (Wildman–Crippen MR) is 83.2 cm³/mol. The van der Waals surface area contributed by atoms with Gasteiger partial charge in [-0.2, -0.15) is 0 Å². The summed E-state index contributed by atoms with van der Waals surface area (Å²) in [5, 5.41) is 10.2. The minimum atomic E-state index is -0.316. The maximum Gasteiger partial charge on any atom is 0.125 e. The number of rotatable bonds is 5. The second-order valence-electron chi connectivity index (χ2n) is 6.38. The number of benzene rings is 1. The minimum absolute atomic E-state index is 0.0415. The molecule has 1 saturated carbocycles. The van der Waals surface area contributed by atoms with Gasteiger partial charge in [0, 0.05) is 0 Å². The van der Waals surface area contributed by atoms with Crippen LogP contribution in [0.25, 0.3) is 0 Å². The summed E-state index contributed by atoms with van der Waals surface area (Å²) in [6, 6.07) is 8.23. The number of aliphatic hydroxyl groups excluding tert-OH is 1. The lowest BCUT2D eigenvalue weighted by atomic mass is 9.83. The maximum absolute atomic E-state index is 10.2. The molecule has 112 valence electrons. The van der Waals surface area contributed by atoms with Gasteiger partial charge in [-0.05, 0) is 42.7 Å². The number of ether oxygens (including phenoxy) is 1. The summed E-state index contributed by atoms with van der Waals surface area (Å²) in [7, 11) is 0. The first-order chi connectivity index (χ1) is 9.61. The maximum atomic E-state index is 10.2. The van der Waals surface area contributed by atoms with Crippen LogP contribution in [0.1, 0.15) is 64.4 Å². The van der Waals surface area contributed by atoms with Crippen LogP contribution in [0.5, 0.6) is 5.75 Å². The minimum Gasteiger partial charge on any atom is -0.487 e. The lowest BCUT2D eigenvalue weighted by molar-refractivity contribution is -0.0122. The molecule has 0 aromatic heterocycles. The van der Waals surface area contributed by atoms with Crippen LogP contribution in [0.3, 0.4) is 0 Å². The van der Waals surface area contributed by atoms with Crippen LogP contribution >= 0.6 is 0 Å². The molecule has 0 bridgehead atoms. The fraction of sp³-hybridized carbons (Fsp3) is 0.667. The molecule has 0 heterocycles. The molecule has 1 fully saturated rings. The predicted octanol–water partition coefficient (Wildman–Crippen LogP) is 4.52. The number of hydrogen-bond donors (Lipinski definition) is 1. The summed E-state index contributed by atoms with van der Waals surface area (Å²) < 4.78 is 6.19. The molecule has 3 atom stereocenters. The van der Waals surface area contributed by atoms with E-state index >= 15 is 0 Å². The molecule has 1 aromatic carbocycles. The zero-order chi connectivity index (χ0) is 14.5. The Hall–Kier alpha value is -1.02. The third kappa shape index (κ3) is 3.76. The summed E-state index contributed by atoms with van der Waals surface area (Å²) in [4.78, 5) is 0. The summed E-state index contributed by atoms with van der Waals surface area (Å²) in [5.74, 6) is 2.10. The van der Waals surface area contributed by atoms with Crippen LogP contribution in [-0.4, -0.2) is 17.3 Å². The van der Waals surface area contributed by atoms with Gasteiger partial charge in [-0.1, -0.05) is 51.8 Å². The van der Waals surface area contributed by atoms with E-state index in [-0.39, 0.29) is 12.2 Å². The first kappa shape index (κ1) is 15.4. The van der Waals surface area contributed by atoms with Gasteiger partial charge in [-0.15, -0.1) is 0 Å². The molecule has 0 saturated heterocycles. The molecule has 0 amide bonds. The Morgan fingerprint density at radius 1 is 1.25 bits per heavy atom. The molecule has 2 rings (SSSR count). The molecule has 0 spiro atoms. The standard InChI is InChI=1S/C18H28O2/c1-4-7-14-10-11-16(19)18(12-14)20-17-9-6-5-8-15(17)13(2)3/h5-6,8-9,13-14,16,18-19H,4,7,10-12H2,1-3H3. The van der Waals surface area contributed by atoms with E-state index in [1.165, 1.54) is 18.4 Å². The quantitative estimate of drug-likeness (QED) is 0.857. The van der Waals surface area contributed by atoms with Crippen molar-refractivity contribution >= 4 is 0 Å². The molecule has 1 aliphatic rings. The molecule has 1 N–H and O–H groups in total. The van der Waals surface area contributed by atoms with Gasteiger partial charge in [-0.3, -0.25) is 0 Å². The third-order valence-electron chi connectivity index (χ3n) is 4.38. The fourth-order valence-corrected chi connectivity index (χ4v) is 3.22. The number of hydrogen-bond acceptors (Lipinski definition) is 2. The zero-order valence-corrected chi connectivity index (χ0v) is 13.0. The molecule has 3 unspecified atom stereocenters. The molecule has 0 aliphatic heterocycles. The van der Waals surface area contributed by atoms with Crippen LogP contribution in [0, 0.1) is 5.92 Å². The van der Waals surface area contributed by atoms with Gasteiger partial charge in [0.15, 0.2) is 0 Å². The van der Waals surface area contributed by atoms with Crippen LogP contribution in [-0.2, 0) is 0 Å². The lowest BCUT2D eigenvalue weighted by Gasteiger charge is -2.34. The van der Waals surface area contributed by atoms with E-state index in [9.17, 15) is 5.11 Å². The topological polar surface area (TPSA) is 29.5 Å². The first-order valence-electron chi connectivity index (χ1n) is 8.05. The Bertz CT molecular complexity index is 414. The lowest BCUT2D eigenvalue weighted by Crippen LogP contribution is -2.38. The summed E-state index contributed by atoms with van der Waals surface area (Å²) in [6.07, 6.45) is 5.11. The van der Waals surface area contributed by atoms with E-state index in [0.29, 0.717) is 11.8 Å². The summed E-state index contributed by atoms with van der Waals surface area (Å²) in [5.41, 5.74) is 1.23. The second kappa shape index (κ2) is 7.12. The highest BCUT2D eigenvalue weighted by Crippen LogP contribution is 2.33. The van der Waals surface area contributed by atoms with Crippen molar-refractivity contribution in [1.82, 2.24) is 0 Å². The van der Waals surface area contributed by atoms with Gasteiger partial charge in [0.25, 0.3) is 0 Å². The highest BCUT2D eigenvalue weighted by molar-refractivity contribution is 5.35. The van der Waals surface area contributed by atoms with E-state index < -0.39 is 0 Å². The Balaban J connectivity index is 2.07. The van der Waals surface area contributed by atoms with E-state index in [0.717, 1.165) is 25.0 Å². The van der Waals surface area contributed by atoms with E-state index in [1.807, 2.05) is 12.1 Å². The SMILES string of the molecule is CCCC1CCC(O)C(Oc2ccccc2C(C)C)C1. The van der Waals surface area contributed by atoms with E-state index in [2.05, 4.69) is 32.9 Å². The Kier molecular flexibility index (Phi) is 5.47. The van der Waals surface area contributed by atoms with Crippen LogP contribution in [0.4, 0.5) is 0 Å². The van der Waals surface area contributed by atoms with Gasteiger partial charge >= 0.3 is 0 Å². The largest absolute Gasteiger partial charge is 0.487 e. The molecule has 0 radical (unpaired) electrons. The number of aliphatic hydroxyl groups is 1. The molecular weight excluding hydrogens is 248 g/mol. The highest BCUT2D eigenvalue weighted by Gasteiger charge is 2.30. The van der Waals surface area contributed by atoms with Crippen molar-refractivity contribution in [3.05, 3.63) is 29.8 Å². The van der Waals surface area contributed by atoms with Crippen molar-refractivity contribution in [2.75, 3.05) is 0 Å². The normalized spacial score (nSPS) is 26.8. The molecule has 2 heteroatoms. The van der Waals surface area contributed by atoms with Crippen molar-refractivity contribution in [2.45, 2.75) is 71.0 Å². The zero-order valence-electron chi connectivity index (χ0n) is 13.0. The van der Waals surface area contributed by atoms with Crippen molar-refractivity contribution in [3.8, 4) is 5.75 Å². The van der Waals surface area contributed by atoms with Crippen molar-refractivity contribution in [1.29, 1.82) is 0 Å². The van der Waals surface area contributed by atoms with Gasteiger partial charge in [-0.25, -0.2) is 0 Å². The third-order valence-corrected chi connectivity index (χ3v) is 4.38. The molecular formula is C18H28O2. The molecule has 1 aromatic rings. The van der Waals surface area contributed by atoms with Crippen molar-refractivity contribution < 1.29 is 9.84 Å². The Labute approximate surface area is 123 Å². The van der Waals surface area contributed by atoms with Crippen LogP contribution < -0.4 is 4.74 Å². The first-order valence-corrected chi connectivity index (χ1v) is 8.05. The van der Waals surface area contributed by atoms with E-state index in [4.69, 9.17) is 4.74 Å². The van der Waals surface area contributed by atoms with Gasteiger partial charge in [0.2, 0.25) is 0 Å². The number of para-hydroxylation sites is 1. The average Bonchev–Trinajstić information content (AvgIpc) is 2.43. The van der Waals surface area contributed by atoms with Crippen LogP contribution in [0.2, 0.25) is 0 Å². The highest BCUT2D eigenvalue weighted by atomic mass is 16.5. The smallest absolute Gasteiger partial charge is 0.125 e. The van der Waals surface area contributed by atoms with Gasteiger partial charge in [0.05, 0.1) is 6.10 Å². The van der Waals surface area contributed by atoms with E-state index in [1.54, 1.807) is 0 Å². The summed E-state index contributed by atoms with van der Waals surface area (Å²) >= 11 is 0. The molecule has 20 heavy (non-hydrogen) atoms. The average molecular weight is 276 g/mol. The fourth-order valence-electron chi connectivity index (χ4n) is 3.22. The molecule has 2 nitrogen and oxygen atoms in total. The monoisotopic (exact) mass is 276 g/mol. The van der Waals surface area contributed by atoms with Crippen molar-refractivity contribution in [2.24, 2.45) is 5.92 Å². The second-order valence-corrected chi connectivity index (χ2v) is 6.38. The Morgan fingerprint density at radius 2 is 2.00 bits per heavy atom.